The summed E-state index contributed by atoms with van der Waals surface area (Å²) in [7, 11) is 3.11. The molecule has 3 amide bonds. The summed E-state index contributed by atoms with van der Waals surface area (Å²) in [6, 6.07) is 21.5. The summed E-state index contributed by atoms with van der Waals surface area (Å²) in [4.78, 5) is 37.4. The van der Waals surface area contributed by atoms with Crippen molar-refractivity contribution in [1.82, 2.24) is 35.7 Å². The zero-order chi connectivity index (χ0) is 35.3. The molecular weight excluding hydrogens is 683 g/mol. The maximum Gasteiger partial charge on any atom is 0.411 e. The Morgan fingerprint density at radius 1 is 1.00 bits per heavy atom. The van der Waals surface area contributed by atoms with Crippen molar-refractivity contribution in [1.29, 1.82) is 0 Å². The molecule has 2 heterocycles. The molecule has 0 saturated heterocycles. The van der Waals surface area contributed by atoms with E-state index in [4.69, 9.17) is 23.2 Å². The van der Waals surface area contributed by atoms with E-state index in [0.29, 0.717) is 51.9 Å². The van der Waals surface area contributed by atoms with Crippen LogP contribution in [0.25, 0.3) is 22.9 Å². The molecule has 1 fully saturated rings. The number of amides is 3. The minimum absolute atomic E-state index is 0.110. The molecule has 3 aromatic carbocycles. The maximum atomic E-state index is 13.7. The van der Waals surface area contributed by atoms with E-state index in [-0.39, 0.29) is 22.9 Å². The number of hydrogen-bond donors (Lipinski definition) is 4. The van der Waals surface area contributed by atoms with Crippen LogP contribution in [-0.2, 0) is 19.9 Å². The van der Waals surface area contributed by atoms with E-state index in [2.05, 4.69) is 46.4 Å². The molecule has 5 aromatic rings. The van der Waals surface area contributed by atoms with Gasteiger partial charge in [-0.25, -0.2) is 4.79 Å². The fourth-order valence-corrected chi connectivity index (χ4v) is 5.99. The number of nitrogens with one attached hydrogen (secondary N) is 3. The number of nitrogens with zero attached hydrogens (tertiary/aromatic N) is 6. The summed E-state index contributed by atoms with van der Waals surface area (Å²) >= 11 is 12.8. The molecule has 5 N–H and O–H groups in total. The Kier molecular flexibility index (Phi) is 10.1. The van der Waals surface area contributed by atoms with Gasteiger partial charge in [-0.15, -0.1) is 10.2 Å². The van der Waals surface area contributed by atoms with Crippen molar-refractivity contribution in [2.45, 2.75) is 17.9 Å². The van der Waals surface area contributed by atoms with Crippen molar-refractivity contribution < 1.29 is 24.4 Å². The molecule has 1 aliphatic rings. The van der Waals surface area contributed by atoms with Gasteiger partial charge in [0.2, 0.25) is 5.91 Å². The van der Waals surface area contributed by atoms with Gasteiger partial charge in [0, 0.05) is 39.5 Å². The normalized spacial score (nSPS) is 16.5. The molecule has 0 radical (unpaired) electrons. The Morgan fingerprint density at radius 2 is 1.74 bits per heavy atom. The number of tetrazole rings is 1. The largest absolute Gasteiger partial charge is 0.453 e. The van der Waals surface area contributed by atoms with Gasteiger partial charge in [-0.05, 0) is 82.6 Å². The highest BCUT2D eigenvalue weighted by molar-refractivity contribution is 6.32. The van der Waals surface area contributed by atoms with Crippen molar-refractivity contribution in [3.8, 4) is 16.8 Å². The number of rotatable bonds is 11. The number of aromatic nitrogens is 6. The quantitative estimate of drug-likeness (QED) is 0.147. The van der Waals surface area contributed by atoms with Gasteiger partial charge < -0.3 is 20.7 Å². The molecule has 1 saturated carbocycles. The maximum absolute atomic E-state index is 13.7. The number of benzene rings is 3. The van der Waals surface area contributed by atoms with Crippen LogP contribution in [0, 0.1) is 0 Å². The molecule has 2 atom stereocenters. The number of methoxy groups -OCH3 is 1. The first-order chi connectivity index (χ1) is 24.2. The lowest BCUT2D eigenvalue weighted by Gasteiger charge is -2.20. The fraction of sp³-hybridized carbons (Fsp3) is 0.176. The van der Waals surface area contributed by atoms with E-state index in [1.165, 1.54) is 24.2 Å². The zero-order valence-corrected chi connectivity index (χ0v) is 28.3. The number of quaternary nitrogens is 1. The Bertz CT molecular complexity index is 2060. The van der Waals surface area contributed by atoms with E-state index in [1.54, 1.807) is 53.9 Å². The molecule has 6 rings (SSSR count). The van der Waals surface area contributed by atoms with Gasteiger partial charge in [0.15, 0.2) is 11.7 Å². The molecule has 50 heavy (non-hydrogen) atoms. The number of carbonyl (C=O) groups is 3. The smallest absolute Gasteiger partial charge is 0.411 e. The summed E-state index contributed by atoms with van der Waals surface area (Å²) in [6.45, 7) is 0.307. The number of likely N-dealkylation sites (N-methyl/N-ethyl adjacent to an activating group) is 1. The number of halogens is 2. The minimum atomic E-state index is -0.935. The molecule has 2 aromatic heterocycles. The van der Waals surface area contributed by atoms with Crippen LogP contribution in [0.3, 0.4) is 0 Å². The molecule has 2 unspecified atom stereocenters. The number of anilines is 2. The van der Waals surface area contributed by atoms with E-state index in [0.717, 1.165) is 11.1 Å². The second kappa shape index (κ2) is 14.8. The third-order valence-electron chi connectivity index (χ3n) is 8.13. The van der Waals surface area contributed by atoms with Gasteiger partial charge in [-0.3, -0.25) is 14.9 Å². The fourth-order valence-electron chi connectivity index (χ4n) is 5.61. The monoisotopic (exact) mass is 713 g/mol. The number of carbonyl (C=O) groups excluding carboxylic acids is 3. The summed E-state index contributed by atoms with van der Waals surface area (Å²) in [6.07, 6.45) is 4.43. The number of hydrogen-bond acceptors (Lipinski definition) is 9. The summed E-state index contributed by atoms with van der Waals surface area (Å²) in [5.41, 5.74) is 4.27. The molecule has 16 heteroatoms. The van der Waals surface area contributed by atoms with Crippen LogP contribution < -0.4 is 21.3 Å². The molecule has 0 spiro atoms. The predicted molar refractivity (Wildman–Crippen MR) is 187 cm³/mol. The highest BCUT2D eigenvalue weighted by Crippen LogP contribution is 2.58. The van der Waals surface area contributed by atoms with Crippen molar-refractivity contribution in [3.63, 3.8) is 0 Å². The summed E-state index contributed by atoms with van der Waals surface area (Å²) in [5, 5.41) is 31.2. The average Bonchev–Trinajstić information content (AvgIpc) is 3.56. The molecular formula is C34H31Cl2N10O4+. The highest BCUT2D eigenvalue weighted by Gasteiger charge is 2.58. The zero-order valence-electron chi connectivity index (χ0n) is 26.8. The second-order valence-electron chi connectivity index (χ2n) is 11.4. The van der Waals surface area contributed by atoms with Gasteiger partial charge in [0.1, 0.15) is 6.33 Å². The first-order valence-electron chi connectivity index (χ1n) is 15.4. The van der Waals surface area contributed by atoms with Crippen molar-refractivity contribution in [2.75, 3.05) is 31.3 Å². The summed E-state index contributed by atoms with van der Waals surface area (Å²) < 4.78 is 6.14. The number of ether oxygens (including phenoxy) is 1. The number of nitrogens with two attached hydrogens (primary N) is 1. The third kappa shape index (κ3) is 7.62. The lowest BCUT2D eigenvalue weighted by molar-refractivity contribution is -0.615. The Labute approximate surface area is 296 Å². The van der Waals surface area contributed by atoms with Crippen LogP contribution in [0.4, 0.5) is 16.2 Å². The van der Waals surface area contributed by atoms with Gasteiger partial charge in [-0.2, -0.15) is 9.78 Å². The topological polar surface area (TPSA) is 183 Å². The molecule has 254 valence electrons. The van der Waals surface area contributed by atoms with E-state index >= 15 is 0 Å². The molecule has 1 aliphatic carbocycles. The second-order valence-corrected chi connectivity index (χ2v) is 12.2. The van der Waals surface area contributed by atoms with E-state index < -0.39 is 11.6 Å². The van der Waals surface area contributed by atoms with Gasteiger partial charge in [0.05, 0.1) is 31.1 Å². The first kappa shape index (κ1) is 34.2. The molecule has 0 bridgehead atoms. The van der Waals surface area contributed by atoms with Crippen LogP contribution >= 0.6 is 23.2 Å². The average molecular weight is 715 g/mol. The van der Waals surface area contributed by atoms with Crippen molar-refractivity contribution >= 4 is 58.6 Å². The Hall–Kier alpha value is -5.70. The molecule has 0 aliphatic heterocycles. The molecule has 14 nitrogen and oxygen atoms in total. The van der Waals surface area contributed by atoms with E-state index in [9.17, 15) is 14.4 Å². The lowest BCUT2D eigenvalue weighted by atomic mass is 9.99. The van der Waals surface area contributed by atoms with Crippen molar-refractivity contribution in [2.24, 2.45) is 0 Å². The van der Waals surface area contributed by atoms with Crippen LogP contribution in [0.5, 0.6) is 0 Å². The van der Waals surface area contributed by atoms with Gasteiger partial charge in [-0.1, -0.05) is 47.5 Å². The van der Waals surface area contributed by atoms with Crippen LogP contribution in [0.2, 0.25) is 10.2 Å². The van der Waals surface area contributed by atoms with E-state index in [1.807, 2.05) is 37.4 Å². The van der Waals surface area contributed by atoms with Crippen LogP contribution in [0.15, 0.2) is 85.2 Å². The van der Waals surface area contributed by atoms with Crippen LogP contribution in [0.1, 0.15) is 29.2 Å². The third-order valence-corrected chi connectivity index (χ3v) is 8.64. The van der Waals surface area contributed by atoms with Gasteiger partial charge in [0.25, 0.3) is 5.91 Å². The van der Waals surface area contributed by atoms with Crippen LogP contribution in [-0.4, -0.2) is 69.0 Å². The predicted octanol–water partition coefficient (Wildman–Crippen LogP) is 3.95. The standard InChI is InChI=1S/C34H30Cl2N10O4/c1-37-18-31(48)39-24-11-5-21(6-12-24)27-17-34(27,41-30(47)14-7-22-15-23(35)8-13-28(22)46-19-38-44-45-46)29-16-26(32(36)43-42-29)20-3-9-25(10-4-20)40-33(49)50-2/h3-16,19,27,37H,17-18H2,1-2H3,(H,39,48)(H,40,49)(H,41,47)/p+1. The van der Waals surface area contributed by atoms with Crippen molar-refractivity contribution in [3.05, 3.63) is 112 Å². The highest BCUT2D eigenvalue weighted by atomic mass is 35.5. The Balaban J connectivity index is 1.31. The van der Waals surface area contributed by atoms with Gasteiger partial charge >= 0.3 is 6.09 Å². The first-order valence-corrected chi connectivity index (χ1v) is 16.1. The minimum Gasteiger partial charge on any atom is -0.453 e. The summed E-state index contributed by atoms with van der Waals surface area (Å²) in [5.74, 6) is -0.668. The lowest BCUT2D eigenvalue weighted by Crippen LogP contribution is -2.82. The SMILES string of the molecule is C[NH2+]CC(=O)Nc1ccc(C2CC2(NC(=O)C=Cc2cc(Cl)ccc2-n2cnnn2)c2cc(-c3ccc(NC(=O)OC)cc3)c(Cl)nn2)cc1. The Morgan fingerprint density at radius 3 is 2.44 bits per heavy atom.